The van der Waals surface area contributed by atoms with Gasteiger partial charge in [-0.2, -0.15) is 0 Å². The first-order valence-corrected chi connectivity index (χ1v) is 6.32. The van der Waals surface area contributed by atoms with Crippen LogP contribution in [-0.2, 0) is 12.8 Å². The van der Waals surface area contributed by atoms with Gasteiger partial charge in [-0.05, 0) is 49.9 Å². The van der Waals surface area contributed by atoms with Gasteiger partial charge in [-0.15, -0.1) is 0 Å². The predicted molar refractivity (Wildman–Crippen MR) is 65.1 cm³/mol. The minimum atomic E-state index is 0.686. The maximum absolute atomic E-state index is 5.64. The van der Waals surface area contributed by atoms with Crippen LogP contribution in [0.4, 0.5) is 0 Å². The van der Waals surface area contributed by atoms with Gasteiger partial charge in [0.15, 0.2) is 0 Å². The third-order valence-corrected chi connectivity index (χ3v) is 3.84. The number of benzene rings is 1. The molecular formula is C14H19NO. The third-order valence-electron chi connectivity index (χ3n) is 3.84. The summed E-state index contributed by atoms with van der Waals surface area (Å²) in [4.78, 5) is 0. The molecular weight excluding hydrogens is 198 g/mol. The zero-order valence-corrected chi connectivity index (χ0v) is 9.88. The van der Waals surface area contributed by atoms with E-state index in [-0.39, 0.29) is 0 Å². The Kier molecular flexibility index (Phi) is 2.60. The average molecular weight is 217 g/mol. The highest BCUT2D eigenvalue weighted by Crippen LogP contribution is 2.31. The van der Waals surface area contributed by atoms with Gasteiger partial charge in [0.2, 0.25) is 0 Å². The molecule has 0 aromatic heterocycles. The Morgan fingerprint density at radius 2 is 2.38 bits per heavy atom. The lowest BCUT2D eigenvalue weighted by Crippen LogP contribution is -2.24. The topological polar surface area (TPSA) is 21.3 Å². The molecule has 0 saturated carbocycles. The number of hydrogen-bond donors (Lipinski definition) is 1. The first-order valence-electron chi connectivity index (χ1n) is 6.32. The molecule has 86 valence electrons. The number of hydrogen-bond acceptors (Lipinski definition) is 2. The van der Waals surface area contributed by atoms with Gasteiger partial charge < -0.3 is 10.1 Å². The van der Waals surface area contributed by atoms with Crippen molar-refractivity contribution in [3.8, 4) is 5.75 Å². The van der Waals surface area contributed by atoms with Gasteiger partial charge in [-0.3, -0.25) is 0 Å². The number of ether oxygens (including phenoxy) is 1. The van der Waals surface area contributed by atoms with Crippen LogP contribution in [-0.4, -0.2) is 19.2 Å². The minimum Gasteiger partial charge on any atom is -0.493 e. The van der Waals surface area contributed by atoms with E-state index in [2.05, 4.69) is 24.4 Å². The van der Waals surface area contributed by atoms with Crippen molar-refractivity contribution in [1.29, 1.82) is 0 Å². The molecule has 0 amide bonds. The normalized spacial score (nSPS) is 23.2. The summed E-state index contributed by atoms with van der Waals surface area (Å²) in [5.41, 5.74) is 4.43. The average Bonchev–Trinajstić information content (AvgIpc) is 2.92. The van der Waals surface area contributed by atoms with E-state index < -0.39 is 0 Å². The summed E-state index contributed by atoms with van der Waals surface area (Å²) in [7, 11) is 0. The Morgan fingerprint density at radius 1 is 1.44 bits per heavy atom. The van der Waals surface area contributed by atoms with Crippen molar-refractivity contribution >= 4 is 0 Å². The molecule has 0 aliphatic carbocycles. The van der Waals surface area contributed by atoms with E-state index >= 15 is 0 Å². The maximum Gasteiger partial charge on any atom is 0.122 e. The fraction of sp³-hybridized carbons (Fsp3) is 0.571. The zero-order chi connectivity index (χ0) is 11.0. The SMILES string of the molecule is Cc1ccc2c(c1CC1CCCN1)CCO2. The molecule has 2 aliphatic heterocycles. The maximum atomic E-state index is 5.64. The molecule has 2 aliphatic rings. The summed E-state index contributed by atoms with van der Waals surface area (Å²) in [6.45, 7) is 4.28. The standard InChI is InChI=1S/C14H19NO/c1-10-4-5-14-12(6-8-16-14)13(10)9-11-3-2-7-15-11/h4-5,11,15H,2-3,6-9H2,1H3. The lowest BCUT2D eigenvalue weighted by Gasteiger charge is -2.15. The van der Waals surface area contributed by atoms with Crippen LogP contribution in [0.3, 0.4) is 0 Å². The van der Waals surface area contributed by atoms with Crippen molar-refractivity contribution in [2.45, 2.75) is 38.6 Å². The quantitative estimate of drug-likeness (QED) is 0.820. The van der Waals surface area contributed by atoms with E-state index in [0.717, 1.165) is 18.8 Å². The summed E-state index contributed by atoms with van der Waals surface area (Å²) >= 11 is 0. The van der Waals surface area contributed by atoms with Crippen LogP contribution in [0.5, 0.6) is 5.75 Å². The van der Waals surface area contributed by atoms with E-state index in [0.29, 0.717) is 6.04 Å². The fourth-order valence-electron chi connectivity index (χ4n) is 2.92. The first-order chi connectivity index (χ1) is 7.84. The van der Waals surface area contributed by atoms with Crippen LogP contribution in [0.2, 0.25) is 0 Å². The first kappa shape index (κ1) is 10.2. The lowest BCUT2D eigenvalue weighted by atomic mass is 9.94. The minimum absolute atomic E-state index is 0.686. The molecule has 1 atom stereocenters. The van der Waals surface area contributed by atoms with Gasteiger partial charge in [-0.25, -0.2) is 0 Å². The second-order valence-electron chi connectivity index (χ2n) is 4.93. The molecule has 1 saturated heterocycles. The highest BCUT2D eigenvalue weighted by molar-refractivity contribution is 5.47. The fourth-order valence-corrected chi connectivity index (χ4v) is 2.92. The molecule has 0 spiro atoms. The molecule has 1 aromatic carbocycles. The molecule has 1 fully saturated rings. The van der Waals surface area contributed by atoms with E-state index in [1.165, 1.54) is 42.5 Å². The highest BCUT2D eigenvalue weighted by atomic mass is 16.5. The van der Waals surface area contributed by atoms with Gasteiger partial charge in [0, 0.05) is 18.0 Å². The Hall–Kier alpha value is -1.02. The highest BCUT2D eigenvalue weighted by Gasteiger charge is 2.21. The van der Waals surface area contributed by atoms with Crippen molar-refractivity contribution in [3.63, 3.8) is 0 Å². The summed E-state index contributed by atoms with van der Waals surface area (Å²) < 4.78 is 5.64. The molecule has 16 heavy (non-hydrogen) atoms. The van der Waals surface area contributed by atoms with Gasteiger partial charge >= 0.3 is 0 Å². The van der Waals surface area contributed by atoms with Gasteiger partial charge in [0.25, 0.3) is 0 Å². The van der Waals surface area contributed by atoms with Gasteiger partial charge in [0.1, 0.15) is 5.75 Å². The summed E-state index contributed by atoms with van der Waals surface area (Å²) in [5.74, 6) is 1.12. The Bertz CT molecular complexity index is 394. The number of aryl methyl sites for hydroxylation is 1. The van der Waals surface area contributed by atoms with Crippen LogP contribution in [0.1, 0.15) is 29.5 Å². The largest absolute Gasteiger partial charge is 0.493 e. The van der Waals surface area contributed by atoms with Crippen molar-refractivity contribution in [1.82, 2.24) is 5.32 Å². The molecule has 1 aromatic rings. The van der Waals surface area contributed by atoms with E-state index in [1.54, 1.807) is 0 Å². The summed E-state index contributed by atoms with van der Waals surface area (Å²) in [6, 6.07) is 5.02. The molecule has 3 rings (SSSR count). The van der Waals surface area contributed by atoms with Crippen molar-refractivity contribution in [2.75, 3.05) is 13.2 Å². The van der Waals surface area contributed by atoms with Crippen LogP contribution < -0.4 is 10.1 Å². The molecule has 2 nitrogen and oxygen atoms in total. The predicted octanol–water partition coefficient (Wildman–Crippen LogP) is 2.22. The monoisotopic (exact) mass is 217 g/mol. The number of rotatable bonds is 2. The molecule has 0 radical (unpaired) electrons. The molecule has 1 N–H and O–H groups in total. The number of nitrogens with one attached hydrogen (secondary N) is 1. The van der Waals surface area contributed by atoms with Crippen molar-refractivity contribution in [2.24, 2.45) is 0 Å². The van der Waals surface area contributed by atoms with Crippen molar-refractivity contribution in [3.05, 3.63) is 28.8 Å². The van der Waals surface area contributed by atoms with E-state index in [9.17, 15) is 0 Å². The zero-order valence-electron chi connectivity index (χ0n) is 9.88. The third kappa shape index (κ3) is 1.71. The molecule has 2 heteroatoms. The van der Waals surface area contributed by atoms with E-state index in [1.807, 2.05) is 0 Å². The Balaban J connectivity index is 1.90. The Morgan fingerprint density at radius 3 is 3.19 bits per heavy atom. The van der Waals surface area contributed by atoms with Crippen LogP contribution in [0.25, 0.3) is 0 Å². The van der Waals surface area contributed by atoms with E-state index in [4.69, 9.17) is 4.74 Å². The van der Waals surface area contributed by atoms with Gasteiger partial charge in [-0.1, -0.05) is 6.07 Å². The smallest absolute Gasteiger partial charge is 0.122 e. The molecule has 0 bridgehead atoms. The van der Waals surface area contributed by atoms with Gasteiger partial charge in [0.05, 0.1) is 6.61 Å². The molecule has 2 heterocycles. The summed E-state index contributed by atoms with van der Waals surface area (Å²) in [5, 5.41) is 3.58. The molecule has 1 unspecified atom stereocenters. The van der Waals surface area contributed by atoms with Crippen LogP contribution >= 0.6 is 0 Å². The summed E-state index contributed by atoms with van der Waals surface area (Å²) in [6.07, 6.45) is 4.93. The Labute approximate surface area is 97.0 Å². The number of fused-ring (bicyclic) bond motifs is 1. The lowest BCUT2D eigenvalue weighted by molar-refractivity contribution is 0.357. The van der Waals surface area contributed by atoms with Crippen molar-refractivity contribution < 1.29 is 4.74 Å². The second-order valence-corrected chi connectivity index (χ2v) is 4.93. The van der Waals surface area contributed by atoms with Crippen LogP contribution in [0, 0.1) is 6.92 Å². The second kappa shape index (κ2) is 4.10. The van der Waals surface area contributed by atoms with Crippen LogP contribution in [0.15, 0.2) is 12.1 Å².